The molecule has 0 aliphatic carbocycles. The molecule has 0 spiro atoms. The predicted molar refractivity (Wildman–Crippen MR) is 91.8 cm³/mol. The number of morpholine rings is 1. The first kappa shape index (κ1) is 16.8. The summed E-state index contributed by atoms with van der Waals surface area (Å²) in [6.45, 7) is 4.91. The maximum Gasteiger partial charge on any atom is 0.279 e. The van der Waals surface area contributed by atoms with E-state index in [0.29, 0.717) is 26.1 Å². The van der Waals surface area contributed by atoms with Crippen LogP contribution in [0.25, 0.3) is 10.2 Å². The number of nitrogens with zero attached hydrogens (tertiary/aromatic N) is 2. The molecule has 1 aromatic carbocycles. The van der Waals surface area contributed by atoms with Crippen LogP contribution in [0.15, 0.2) is 24.3 Å². The topological polar surface area (TPSA) is 71.5 Å². The summed E-state index contributed by atoms with van der Waals surface area (Å²) < 4.78 is 35.6. The lowest BCUT2D eigenvalue weighted by atomic mass is 10.3. The summed E-state index contributed by atoms with van der Waals surface area (Å²) in [6.07, 6.45) is 0.424. The van der Waals surface area contributed by atoms with Gasteiger partial charge in [0.15, 0.2) is 0 Å². The third-order valence-electron chi connectivity index (χ3n) is 3.69. The fourth-order valence-corrected chi connectivity index (χ4v) is 5.05. The van der Waals surface area contributed by atoms with Crippen molar-refractivity contribution in [2.24, 2.45) is 0 Å². The molecule has 6 nitrogen and oxygen atoms in total. The minimum absolute atomic E-state index is 0.0837. The van der Waals surface area contributed by atoms with E-state index in [-0.39, 0.29) is 12.2 Å². The van der Waals surface area contributed by atoms with Crippen molar-refractivity contribution in [1.82, 2.24) is 14.0 Å². The van der Waals surface area contributed by atoms with Gasteiger partial charge in [-0.05, 0) is 26.0 Å². The zero-order valence-electron chi connectivity index (χ0n) is 13.2. The standard InChI is InChI=1S/C15H21N3O3S2/c1-11-9-18(10-12(2)21-11)23(19,20)16-8-7-15-17-13-5-3-4-6-14(13)22-15/h3-6,11-12,16H,7-10H2,1-2H3. The fourth-order valence-electron chi connectivity index (χ4n) is 2.73. The molecular weight excluding hydrogens is 334 g/mol. The first-order valence-electron chi connectivity index (χ1n) is 7.69. The van der Waals surface area contributed by atoms with Gasteiger partial charge in [-0.15, -0.1) is 11.3 Å². The van der Waals surface area contributed by atoms with Gasteiger partial charge in [0.25, 0.3) is 10.2 Å². The molecule has 2 atom stereocenters. The maximum absolute atomic E-state index is 12.4. The molecule has 1 fully saturated rings. The van der Waals surface area contributed by atoms with E-state index in [4.69, 9.17) is 4.74 Å². The third kappa shape index (κ3) is 4.07. The number of aromatic nitrogens is 1. The largest absolute Gasteiger partial charge is 0.373 e. The molecule has 2 aromatic rings. The van der Waals surface area contributed by atoms with Crippen LogP contribution in [0.3, 0.4) is 0 Å². The van der Waals surface area contributed by atoms with E-state index in [0.717, 1.165) is 15.2 Å². The van der Waals surface area contributed by atoms with Crippen molar-refractivity contribution >= 4 is 31.8 Å². The van der Waals surface area contributed by atoms with Crippen molar-refractivity contribution in [3.63, 3.8) is 0 Å². The molecule has 2 unspecified atom stereocenters. The molecular formula is C15H21N3O3S2. The van der Waals surface area contributed by atoms with Crippen LogP contribution in [-0.2, 0) is 21.4 Å². The van der Waals surface area contributed by atoms with Gasteiger partial charge in [-0.1, -0.05) is 12.1 Å². The van der Waals surface area contributed by atoms with Crippen LogP contribution >= 0.6 is 11.3 Å². The highest BCUT2D eigenvalue weighted by molar-refractivity contribution is 7.87. The van der Waals surface area contributed by atoms with Gasteiger partial charge in [-0.25, -0.2) is 9.71 Å². The molecule has 1 aliphatic rings. The summed E-state index contributed by atoms with van der Waals surface area (Å²) in [6, 6.07) is 7.93. The molecule has 1 N–H and O–H groups in total. The van der Waals surface area contributed by atoms with Gasteiger partial charge in [0.2, 0.25) is 0 Å². The van der Waals surface area contributed by atoms with Gasteiger partial charge < -0.3 is 4.74 Å². The normalized spacial score (nSPS) is 23.4. The van der Waals surface area contributed by atoms with Gasteiger partial charge in [0, 0.05) is 26.1 Å². The summed E-state index contributed by atoms with van der Waals surface area (Å²) in [7, 11) is -3.47. The molecule has 0 amide bonds. The van der Waals surface area contributed by atoms with Crippen LogP contribution < -0.4 is 4.72 Å². The molecule has 23 heavy (non-hydrogen) atoms. The van der Waals surface area contributed by atoms with E-state index in [2.05, 4.69) is 9.71 Å². The maximum atomic E-state index is 12.4. The molecule has 1 aliphatic heterocycles. The van der Waals surface area contributed by atoms with Gasteiger partial charge in [0.05, 0.1) is 27.4 Å². The molecule has 3 rings (SSSR count). The minimum Gasteiger partial charge on any atom is -0.373 e. The van der Waals surface area contributed by atoms with Gasteiger partial charge in [0.1, 0.15) is 0 Å². The highest BCUT2D eigenvalue weighted by Crippen LogP contribution is 2.21. The minimum atomic E-state index is -3.47. The average molecular weight is 355 g/mol. The molecule has 2 heterocycles. The zero-order valence-corrected chi connectivity index (χ0v) is 14.9. The predicted octanol–water partition coefficient (Wildman–Crippen LogP) is 1.78. The van der Waals surface area contributed by atoms with Crippen molar-refractivity contribution in [3.8, 4) is 0 Å². The Bertz CT molecular complexity index is 732. The second kappa shape index (κ2) is 6.82. The van der Waals surface area contributed by atoms with Crippen LogP contribution in [0.1, 0.15) is 18.9 Å². The summed E-state index contributed by atoms with van der Waals surface area (Å²) in [5.41, 5.74) is 0.964. The van der Waals surface area contributed by atoms with E-state index in [1.807, 2.05) is 38.1 Å². The second-order valence-electron chi connectivity index (χ2n) is 5.80. The molecule has 8 heteroatoms. The highest BCUT2D eigenvalue weighted by Gasteiger charge is 2.30. The van der Waals surface area contributed by atoms with Gasteiger partial charge in [-0.2, -0.15) is 12.7 Å². The molecule has 1 saturated heterocycles. The lowest BCUT2D eigenvalue weighted by molar-refractivity contribution is -0.0443. The quantitative estimate of drug-likeness (QED) is 0.887. The molecule has 0 bridgehead atoms. The van der Waals surface area contributed by atoms with Crippen LogP contribution in [0.2, 0.25) is 0 Å². The Morgan fingerprint density at radius 2 is 2.00 bits per heavy atom. The van der Waals surface area contributed by atoms with Crippen LogP contribution in [-0.4, -0.2) is 49.5 Å². The Balaban J connectivity index is 1.58. The van der Waals surface area contributed by atoms with E-state index >= 15 is 0 Å². The number of ether oxygens (including phenoxy) is 1. The zero-order chi connectivity index (χ0) is 16.4. The van der Waals surface area contributed by atoms with E-state index in [1.165, 1.54) is 4.31 Å². The van der Waals surface area contributed by atoms with E-state index in [1.54, 1.807) is 11.3 Å². The van der Waals surface area contributed by atoms with Crippen LogP contribution in [0.5, 0.6) is 0 Å². The third-order valence-corrected chi connectivity index (χ3v) is 6.33. The van der Waals surface area contributed by atoms with Crippen LogP contribution in [0, 0.1) is 0 Å². The Labute approximate surface area is 140 Å². The summed E-state index contributed by atoms with van der Waals surface area (Å²) in [5.74, 6) is 0. The van der Waals surface area contributed by atoms with Crippen molar-refractivity contribution in [2.45, 2.75) is 32.5 Å². The Morgan fingerprint density at radius 3 is 2.70 bits per heavy atom. The van der Waals surface area contributed by atoms with Gasteiger partial charge >= 0.3 is 0 Å². The van der Waals surface area contributed by atoms with Crippen molar-refractivity contribution < 1.29 is 13.2 Å². The van der Waals surface area contributed by atoms with Gasteiger partial charge in [-0.3, -0.25) is 0 Å². The Hall–Kier alpha value is -1.06. The van der Waals surface area contributed by atoms with Crippen molar-refractivity contribution in [1.29, 1.82) is 0 Å². The first-order chi connectivity index (χ1) is 10.9. The number of fused-ring (bicyclic) bond motifs is 1. The monoisotopic (exact) mass is 355 g/mol. The summed E-state index contributed by atoms with van der Waals surface area (Å²) in [4.78, 5) is 4.52. The number of hydrogen-bond acceptors (Lipinski definition) is 5. The van der Waals surface area contributed by atoms with Crippen LogP contribution in [0.4, 0.5) is 0 Å². The van der Waals surface area contributed by atoms with Crippen molar-refractivity contribution in [3.05, 3.63) is 29.3 Å². The molecule has 126 valence electrons. The first-order valence-corrected chi connectivity index (χ1v) is 9.94. The number of benzene rings is 1. The summed E-state index contributed by atoms with van der Waals surface area (Å²) >= 11 is 1.60. The lowest BCUT2D eigenvalue weighted by Gasteiger charge is -2.34. The highest BCUT2D eigenvalue weighted by atomic mass is 32.2. The van der Waals surface area contributed by atoms with E-state index < -0.39 is 10.2 Å². The van der Waals surface area contributed by atoms with Crippen molar-refractivity contribution in [2.75, 3.05) is 19.6 Å². The second-order valence-corrected chi connectivity index (χ2v) is 8.67. The summed E-state index contributed by atoms with van der Waals surface area (Å²) in [5, 5.41) is 0.942. The SMILES string of the molecule is CC1CN(S(=O)(=O)NCCc2nc3ccccc3s2)CC(C)O1. The number of hydrogen-bond donors (Lipinski definition) is 1. The molecule has 0 saturated carbocycles. The number of thiazole rings is 1. The molecule has 0 radical (unpaired) electrons. The fraction of sp³-hybridized carbons (Fsp3) is 0.533. The smallest absolute Gasteiger partial charge is 0.279 e. The molecule has 1 aromatic heterocycles. The lowest BCUT2D eigenvalue weighted by Crippen LogP contribution is -2.52. The van der Waals surface area contributed by atoms with E-state index in [9.17, 15) is 8.42 Å². The average Bonchev–Trinajstić information content (AvgIpc) is 2.88. The number of nitrogens with one attached hydrogen (secondary N) is 1. The number of rotatable bonds is 5. The number of para-hydroxylation sites is 1. The Morgan fingerprint density at radius 1 is 1.30 bits per heavy atom. The Kier molecular flexibility index (Phi) is 4.98.